The number of hydrogen-bond donors (Lipinski definition) is 2. The van der Waals surface area contributed by atoms with Crippen molar-refractivity contribution in [3.63, 3.8) is 0 Å². The SMILES string of the molecule is CCCCC(=O)Nc1ccc(C(=O)Nc2nc(-c3ccccc3)cs2)cc1. The Hall–Kier alpha value is -2.99. The number of aromatic nitrogens is 1. The van der Waals surface area contributed by atoms with Gasteiger partial charge in [-0.2, -0.15) is 0 Å². The Balaban J connectivity index is 1.60. The average Bonchev–Trinajstić information content (AvgIpc) is 3.16. The van der Waals surface area contributed by atoms with Gasteiger partial charge in [0.05, 0.1) is 5.69 Å². The summed E-state index contributed by atoms with van der Waals surface area (Å²) in [7, 11) is 0. The van der Waals surface area contributed by atoms with E-state index in [1.807, 2.05) is 42.6 Å². The Bertz CT molecular complexity index is 905. The second-order valence-corrected chi connectivity index (χ2v) is 6.95. The maximum atomic E-state index is 12.4. The smallest absolute Gasteiger partial charge is 0.257 e. The summed E-state index contributed by atoms with van der Waals surface area (Å²) in [6, 6.07) is 16.7. The van der Waals surface area contributed by atoms with Crippen molar-refractivity contribution in [2.45, 2.75) is 26.2 Å². The van der Waals surface area contributed by atoms with Crippen molar-refractivity contribution in [3.05, 3.63) is 65.5 Å². The molecule has 1 aromatic heterocycles. The molecule has 0 unspecified atom stereocenters. The summed E-state index contributed by atoms with van der Waals surface area (Å²) in [4.78, 5) is 28.6. The molecule has 0 aliphatic rings. The van der Waals surface area contributed by atoms with Crippen molar-refractivity contribution in [3.8, 4) is 11.3 Å². The third-order valence-corrected chi connectivity index (χ3v) is 4.74. The zero-order valence-electron chi connectivity index (χ0n) is 15.1. The van der Waals surface area contributed by atoms with Crippen LogP contribution in [0.25, 0.3) is 11.3 Å². The standard InChI is InChI=1S/C21H21N3O2S/c1-2-3-9-19(25)22-17-12-10-16(11-13-17)20(26)24-21-23-18(14-27-21)15-7-5-4-6-8-15/h4-8,10-14H,2-3,9H2,1H3,(H,22,25)(H,23,24,26). The highest BCUT2D eigenvalue weighted by atomic mass is 32.1. The average molecular weight is 379 g/mol. The topological polar surface area (TPSA) is 71.1 Å². The summed E-state index contributed by atoms with van der Waals surface area (Å²) >= 11 is 1.39. The van der Waals surface area contributed by atoms with Gasteiger partial charge in [0.2, 0.25) is 5.91 Å². The number of carbonyl (C=O) groups is 2. The Morgan fingerprint density at radius 1 is 1.00 bits per heavy atom. The van der Waals surface area contributed by atoms with Gasteiger partial charge in [-0.05, 0) is 30.7 Å². The van der Waals surface area contributed by atoms with Crippen LogP contribution in [0.1, 0.15) is 36.5 Å². The van der Waals surface area contributed by atoms with Crippen LogP contribution in [0.2, 0.25) is 0 Å². The molecule has 3 rings (SSSR count). The second-order valence-electron chi connectivity index (χ2n) is 6.09. The van der Waals surface area contributed by atoms with Crippen molar-refractivity contribution in [1.29, 1.82) is 0 Å². The van der Waals surface area contributed by atoms with Gasteiger partial charge in [0.25, 0.3) is 5.91 Å². The van der Waals surface area contributed by atoms with Crippen LogP contribution in [0, 0.1) is 0 Å². The molecule has 6 heteroatoms. The van der Waals surface area contributed by atoms with Gasteiger partial charge in [0, 0.05) is 28.6 Å². The van der Waals surface area contributed by atoms with Crippen LogP contribution in [0.15, 0.2) is 60.0 Å². The number of anilines is 2. The quantitative estimate of drug-likeness (QED) is 0.593. The molecule has 2 aromatic carbocycles. The van der Waals surface area contributed by atoms with Crippen LogP contribution in [0.4, 0.5) is 10.8 Å². The molecule has 0 bridgehead atoms. The number of benzene rings is 2. The van der Waals surface area contributed by atoms with E-state index in [4.69, 9.17) is 0 Å². The summed E-state index contributed by atoms with van der Waals surface area (Å²) in [5, 5.41) is 8.12. The lowest BCUT2D eigenvalue weighted by Crippen LogP contribution is -2.13. The highest BCUT2D eigenvalue weighted by Crippen LogP contribution is 2.25. The number of nitrogens with one attached hydrogen (secondary N) is 2. The van der Waals surface area contributed by atoms with Crippen LogP contribution in [-0.4, -0.2) is 16.8 Å². The van der Waals surface area contributed by atoms with Crippen molar-refractivity contribution in [2.24, 2.45) is 0 Å². The van der Waals surface area contributed by atoms with Gasteiger partial charge in [-0.25, -0.2) is 4.98 Å². The first-order chi connectivity index (χ1) is 13.2. The number of nitrogens with zero attached hydrogens (tertiary/aromatic N) is 1. The molecular formula is C21H21N3O2S. The minimum Gasteiger partial charge on any atom is -0.326 e. The van der Waals surface area contributed by atoms with Crippen LogP contribution in [0.5, 0.6) is 0 Å². The number of amides is 2. The maximum absolute atomic E-state index is 12.4. The molecular weight excluding hydrogens is 358 g/mol. The highest BCUT2D eigenvalue weighted by molar-refractivity contribution is 7.14. The van der Waals surface area contributed by atoms with Crippen molar-refractivity contribution in [2.75, 3.05) is 10.6 Å². The molecule has 0 aliphatic carbocycles. The first kappa shape index (κ1) is 18.8. The fraction of sp³-hybridized carbons (Fsp3) is 0.190. The second kappa shape index (κ2) is 9.09. The molecule has 0 atom stereocenters. The van der Waals surface area contributed by atoms with Gasteiger partial charge in [-0.3, -0.25) is 14.9 Å². The van der Waals surface area contributed by atoms with Crippen LogP contribution in [-0.2, 0) is 4.79 Å². The fourth-order valence-electron chi connectivity index (χ4n) is 2.51. The van der Waals surface area contributed by atoms with Crippen LogP contribution < -0.4 is 10.6 Å². The third-order valence-electron chi connectivity index (χ3n) is 3.98. The highest BCUT2D eigenvalue weighted by Gasteiger charge is 2.10. The summed E-state index contributed by atoms with van der Waals surface area (Å²) in [6.45, 7) is 2.05. The lowest BCUT2D eigenvalue weighted by atomic mass is 10.2. The van der Waals surface area contributed by atoms with Gasteiger partial charge in [0.1, 0.15) is 0 Å². The number of thiazole rings is 1. The summed E-state index contributed by atoms with van der Waals surface area (Å²) in [5.74, 6) is -0.238. The molecule has 0 saturated heterocycles. The Morgan fingerprint density at radius 3 is 2.44 bits per heavy atom. The van der Waals surface area contributed by atoms with Gasteiger partial charge in [-0.1, -0.05) is 43.7 Å². The summed E-state index contributed by atoms with van der Waals surface area (Å²) in [5.41, 5.74) is 3.05. The molecule has 0 radical (unpaired) electrons. The lowest BCUT2D eigenvalue weighted by Gasteiger charge is -2.06. The van der Waals surface area contributed by atoms with Crippen molar-refractivity contribution >= 4 is 34.0 Å². The largest absolute Gasteiger partial charge is 0.326 e. The molecule has 27 heavy (non-hydrogen) atoms. The molecule has 2 amide bonds. The van der Waals surface area contributed by atoms with E-state index < -0.39 is 0 Å². The molecule has 0 fully saturated rings. The first-order valence-corrected chi connectivity index (χ1v) is 9.76. The van der Waals surface area contributed by atoms with E-state index in [1.54, 1.807) is 24.3 Å². The Labute approximate surface area is 162 Å². The van der Waals surface area contributed by atoms with E-state index in [-0.39, 0.29) is 11.8 Å². The van der Waals surface area contributed by atoms with E-state index in [0.717, 1.165) is 24.1 Å². The molecule has 1 heterocycles. The molecule has 138 valence electrons. The summed E-state index contributed by atoms with van der Waals surface area (Å²) < 4.78 is 0. The third kappa shape index (κ3) is 5.24. The predicted molar refractivity (Wildman–Crippen MR) is 110 cm³/mol. The molecule has 5 nitrogen and oxygen atoms in total. The van der Waals surface area contributed by atoms with E-state index in [1.165, 1.54) is 11.3 Å². The van der Waals surface area contributed by atoms with Crippen molar-refractivity contribution in [1.82, 2.24) is 4.98 Å². The molecule has 0 spiro atoms. The van der Waals surface area contributed by atoms with E-state index in [2.05, 4.69) is 15.6 Å². The van der Waals surface area contributed by atoms with Crippen LogP contribution >= 0.6 is 11.3 Å². The number of hydrogen-bond acceptors (Lipinski definition) is 4. The van der Waals surface area contributed by atoms with E-state index in [0.29, 0.717) is 22.8 Å². The minimum absolute atomic E-state index is 0.00900. The number of carbonyl (C=O) groups excluding carboxylic acids is 2. The monoisotopic (exact) mass is 379 g/mol. The fourth-order valence-corrected chi connectivity index (χ4v) is 3.22. The van der Waals surface area contributed by atoms with Crippen molar-refractivity contribution < 1.29 is 9.59 Å². The molecule has 0 aliphatic heterocycles. The number of unbranched alkanes of at least 4 members (excludes halogenated alkanes) is 1. The Morgan fingerprint density at radius 2 is 1.74 bits per heavy atom. The zero-order chi connectivity index (χ0) is 19.1. The molecule has 0 saturated carbocycles. The van der Waals surface area contributed by atoms with Crippen LogP contribution in [0.3, 0.4) is 0 Å². The first-order valence-electron chi connectivity index (χ1n) is 8.88. The minimum atomic E-state index is -0.229. The predicted octanol–water partition coefficient (Wildman–Crippen LogP) is 5.19. The molecule has 2 N–H and O–H groups in total. The maximum Gasteiger partial charge on any atom is 0.257 e. The summed E-state index contributed by atoms with van der Waals surface area (Å²) in [6.07, 6.45) is 2.35. The zero-order valence-corrected chi connectivity index (χ0v) is 15.9. The van der Waals surface area contributed by atoms with Gasteiger partial charge < -0.3 is 5.32 Å². The van der Waals surface area contributed by atoms with Gasteiger partial charge >= 0.3 is 0 Å². The number of rotatable bonds is 7. The van der Waals surface area contributed by atoms with E-state index in [9.17, 15) is 9.59 Å². The Kier molecular flexibility index (Phi) is 6.33. The van der Waals surface area contributed by atoms with E-state index >= 15 is 0 Å². The lowest BCUT2D eigenvalue weighted by molar-refractivity contribution is -0.116. The van der Waals surface area contributed by atoms with Gasteiger partial charge in [-0.15, -0.1) is 11.3 Å². The molecule has 3 aromatic rings. The van der Waals surface area contributed by atoms with Gasteiger partial charge in [0.15, 0.2) is 5.13 Å². The normalized spacial score (nSPS) is 10.4.